The van der Waals surface area contributed by atoms with Crippen LogP contribution in [0.5, 0.6) is 0 Å². The summed E-state index contributed by atoms with van der Waals surface area (Å²) in [7, 11) is 0. The van der Waals surface area contributed by atoms with Crippen molar-refractivity contribution in [1.82, 2.24) is 30.2 Å². The number of aryl methyl sites for hydroxylation is 1. The van der Waals surface area contributed by atoms with Crippen LogP contribution in [0, 0.1) is 5.82 Å². The Labute approximate surface area is 197 Å². The van der Waals surface area contributed by atoms with E-state index < -0.39 is 5.82 Å². The maximum atomic E-state index is 14.7. The van der Waals surface area contributed by atoms with Crippen molar-refractivity contribution in [1.29, 1.82) is 0 Å². The highest BCUT2D eigenvalue weighted by Crippen LogP contribution is 2.28. The van der Waals surface area contributed by atoms with Gasteiger partial charge in [0.05, 0.1) is 19.4 Å². The van der Waals surface area contributed by atoms with Crippen LogP contribution in [0.1, 0.15) is 38.2 Å². The lowest BCUT2D eigenvalue weighted by Crippen LogP contribution is -2.51. The van der Waals surface area contributed by atoms with Crippen molar-refractivity contribution in [2.45, 2.75) is 51.1 Å². The van der Waals surface area contributed by atoms with Gasteiger partial charge in [-0.15, -0.1) is 0 Å². The van der Waals surface area contributed by atoms with Gasteiger partial charge in [0.15, 0.2) is 17.5 Å². The van der Waals surface area contributed by atoms with Gasteiger partial charge in [-0.05, 0) is 43.7 Å². The van der Waals surface area contributed by atoms with E-state index in [0.717, 1.165) is 47.8 Å². The third kappa shape index (κ3) is 4.82. The highest BCUT2D eigenvalue weighted by molar-refractivity contribution is 5.92. The van der Waals surface area contributed by atoms with Crippen molar-refractivity contribution in [2.24, 2.45) is 0 Å². The van der Waals surface area contributed by atoms with Crippen LogP contribution in [0.4, 0.5) is 15.0 Å². The molecule has 0 radical (unpaired) electrons. The number of rotatable bonds is 5. The lowest BCUT2D eigenvalue weighted by Gasteiger charge is -2.33. The van der Waals surface area contributed by atoms with E-state index in [-0.39, 0.29) is 23.9 Å². The Morgan fingerprint density at radius 2 is 2.06 bits per heavy atom. The Hall–Kier alpha value is -3.27. The molecule has 10 heteroatoms. The first-order valence-corrected chi connectivity index (χ1v) is 12.0. The molecule has 5 rings (SSSR count). The number of halogens is 1. The molecule has 3 aromatic heterocycles. The van der Waals surface area contributed by atoms with Crippen LogP contribution in [-0.2, 0) is 11.2 Å². The zero-order valence-corrected chi connectivity index (χ0v) is 19.3. The number of hydrogen-bond donors (Lipinski definition) is 3. The zero-order valence-electron chi connectivity index (χ0n) is 19.3. The minimum atomic E-state index is -0.490. The topological polar surface area (TPSA) is 108 Å². The smallest absolute Gasteiger partial charge is 0.317 e. The number of H-pyrrole nitrogens is 1. The van der Waals surface area contributed by atoms with Crippen LogP contribution in [0.2, 0.25) is 0 Å². The summed E-state index contributed by atoms with van der Waals surface area (Å²) in [6.07, 6.45) is 9.19. The number of anilines is 1. The maximum Gasteiger partial charge on any atom is 0.317 e. The quantitative estimate of drug-likeness (QED) is 0.530. The van der Waals surface area contributed by atoms with Crippen LogP contribution < -0.4 is 10.6 Å². The summed E-state index contributed by atoms with van der Waals surface area (Å²) in [5.74, 6) is 0.137. The number of amides is 2. The number of aromatic nitrogens is 4. The zero-order chi connectivity index (χ0) is 23.5. The van der Waals surface area contributed by atoms with Gasteiger partial charge < -0.3 is 25.3 Å². The Morgan fingerprint density at radius 1 is 1.24 bits per heavy atom. The van der Waals surface area contributed by atoms with Crippen LogP contribution in [0.15, 0.2) is 24.7 Å². The van der Waals surface area contributed by atoms with Crippen molar-refractivity contribution in [3.05, 3.63) is 36.0 Å². The average Bonchev–Trinajstić information content (AvgIpc) is 3.29. The molecule has 180 valence electrons. The predicted molar refractivity (Wildman–Crippen MR) is 127 cm³/mol. The molecule has 1 saturated heterocycles. The van der Waals surface area contributed by atoms with Crippen LogP contribution >= 0.6 is 0 Å². The van der Waals surface area contributed by atoms with Gasteiger partial charge in [0.1, 0.15) is 5.65 Å². The molecule has 1 aliphatic heterocycles. The summed E-state index contributed by atoms with van der Waals surface area (Å²) >= 11 is 0. The Kier molecular flexibility index (Phi) is 6.57. The third-order valence-electron chi connectivity index (χ3n) is 6.62. The molecule has 2 aliphatic rings. The van der Waals surface area contributed by atoms with Gasteiger partial charge in [0, 0.05) is 48.5 Å². The van der Waals surface area contributed by atoms with Gasteiger partial charge in [0.2, 0.25) is 0 Å². The highest BCUT2D eigenvalue weighted by Gasteiger charge is 2.27. The monoisotopic (exact) mass is 467 g/mol. The minimum absolute atomic E-state index is 0.0114. The number of ether oxygens (including phenoxy) is 1. The average molecular weight is 468 g/mol. The van der Waals surface area contributed by atoms with E-state index in [9.17, 15) is 9.18 Å². The van der Waals surface area contributed by atoms with Crippen molar-refractivity contribution in [3.63, 3.8) is 0 Å². The molecule has 3 aromatic rings. The summed E-state index contributed by atoms with van der Waals surface area (Å²) in [4.78, 5) is 30.7. The number of nitrogens with zero attached hydrogens (tertiary/aromatic N) is 4. The molecular weight excluding hydrogens is 437 g/mol. The first-order chi connectivity index (χ1) is 16.6. The van der Waals surface area contributed by atoms with E-state index in [1.165, 1.54) is 6.20 Å². The number of hydrogen-bond acceptors (Lipinski definition) is 6. The second-order valence-electron chi connectivity index (χ2n) is 8.94. The molecule has 9 nitrogen and oxygen atoms in total. The number of carbonyl (C=O) groups excluding carboxylic acids is 1. The third-order valence-corrected chi connectivity index (χ3v) is 6.62. The van der Waals surface area contributed by atoms with Gasteiger partial charge in [-0.25, -0.2) is 24.1 Å². The molecule has 2 amide bonds. The van der Waals surface area contributed by atoms with Crippen LogP contribution in [-0.4, -0.2) is 69.3 Å². The molecule has 4 heterocycles. The van der Waals surface area contributed by atoms with Crippen LogP contribution in [0.3, 0.4) is 0 Å². The normalized spacial score (nSPS) is 20.9. The molecule has 1 aliphatic carbocycles. The number of aromatic amines is 1. The molecular formula is C24H30FN7O2. The predicted octanol–water partition coefficient (Wildman–Crippen LogP) is 3.49. The van der Waals surface area contributed by atoms with E-state index in [2.05, 4.69) is 43.6 Å². The fraction of sp³-hybridized carbons (Fsp3) is 0.500. The van der Waals surface area contributed by atoms with Crippen molar-refractivity contribution < 1.29 is 13.9 Å². The summed E-state index contributed by atoms with van der Waals surface area (Å²) in [6.45, 7) is 4.44. The van der Waals surface area contributed by atoms with Gasteiger partial charge in [-0.1, -0.05) is 6.92 Å². The van der Waals surface area contributed by atoms with Gasteiger partial charge >= 0.3 is 6.03 Å². The largest absolute Gasteiger partial charge is 0.378 e. The van der Waals surface area contributed by atoms with Gasteiger partial charge in [-0.3, -0.25) is 0 Å². The SMILES string of the molecule is CCc1cnc2[nH]cc(-c3ncc(F)c(N[C@H]4CCC[C@@H](NC(=O)N5CCOCC5)C4)n3)c2c1. The van der Waals surface area contributed by atoms with Crippen molar-refractivity contribution >= 4 is 22.9 Å². The number of urea groups is 1. The summed E-state index contributed by atoms with van der Waals surface area (Å²) in [5, 5.41) is 7.32. The van der Waals surface area contributed by atoms with E-state index >= 15 is 0 Å². The van der Waals surface area contributed by atoms with Crippen molar-refractivity contribution in [2.75, 3.05) is 31.6 Å². The molecule has 1 saturated carbocycles. The lowest BCUT2D eigenvalue weighted by atomic mass is 9.91. The number of carbonyl (C=O) groups is 1. The highest BCUT2D eigenvalue weighted by atomic mass is 19.1. The first kappa shape index (κ1) is 22.5. The summed E-state index contributed by atoms with van der Waals surface area (Å²) in [5.41, 5.74) is 2.65. The summed E-state index contributed by atoms with van der Waals surface area (Å²) < 4.78 is 20.0. The standard InChI is InChI=1S/C24H30FN7O2/c1-2-15-10-18-19(13-27-21(18)26-12-15)22-28-14-20(25)23(31-22)29-16-4-3-5-17(11-16)30-24(33)32-6-8-34-9-7-32/h10,12-14,16-17H,2-9,11H2,1H3,(H,26,27)(H,30,33)(H,28,29,31)/t16-,17+/m0/s1. The van der Waals surface area contributed by atoms with E-state index in [1.54, 1.807) is 4.90 Å². The number of pyridine rings is 1. The Balaban J connectivity index is 1.29. The van der Waals surface area contributed by atoms with Crippen LogP contribution in [0.25, 0.3) is 22.4 Å². The second-order valence-corrected chi connectivity index (χ2v) is 8.94. The molecule has 0 unspecified atom stereocenters. The second kappa shape index (κ2) is 9.92. The number of fused-ring (bicyclic) bond motifs is 1. The molecule has 0 bridgehead atoms. The molecule has 0 spiro atoms. The van der Waals surface area contributed by atoms with Gasteiger partial charge in [-0.2, -0.15) is 0 Å². The lowest BCUT2D eigenvalue weighted by molar-refractivity contribution is 0.0521. The molecule has 3 N–H and O–H groups in total. The maximum absolute atomic E-state index is 14.7. The molecule has 2 fully saturated rings. The summed E-state index contributed by atoms with van der Waals surface area (Å²) in [6, 6.07) is 2.07. The van der Waals surface area contributed by atoms with Crippen molar-refractivity contribution in [3.8, 4) is 11.4 Å². The number of morpholine rings is 1. The molecule has 34 heavy (non-hydrogen) atoms. The molecule has 2 atom stereocenters. The first-order valence-electron chi connectivity index (χ1n) is 12.0. The van der Waals surface area contributed by atoms with E-state index in [1.807, 2.05) is 12.4 Å². The van der Waals surface area contributed by atoms with Gasteiger partial charge in [0.25, 0.3) is 0 Å². The van der Waals surface area contributed by atoms with E-state index in [4.69, 9.17) is 4.74 Å². The fourth-order valence-corrected chi connectivity index (χ4v) is 4.70. The molecule has 0 aromatic carbocycles. The Bertz CT molecular complexity index is 1160. The van der Waals surface area contributed by atoms with E-state index in [0.29, 0.717) is 38.5 Å². The minimum Gasteiger partial charge on any atom is -0.378 e. The fourth-order valence-electron chi connectivity index (χ4n) is 4.70. The number of nitrogens with one attached hydrogen (secondary N) is 3. The Morgan fingerprint density at radius 3 is 2.88 bits per heavy atom.